The summed E-state index contributed by atoms with van der Waals surface area (Å²) in [4.78, 5) is 113. The van der Waals surface area contributed by atoms with Crippen molar-refractivity contribution in [1.82, 2.24) is 59.1 Å². The SMILES string of the molecule is CCCNC(=O)CCNC(=O)c1nc(NC(=O)CCNC(=O)c2cc(NC(=O)c3nc(NC(=O)CCNC(=O)c4cc(NC(=O)c5nc(N)cn5C)cn4C)cn3C)cn2C)cn1C. The molecule has 5 aromatic rings. The molecule has 8 amide bonds. The summed E-state index contributed by atoms with van der Waals surface area (Å²) in [5.74, 6) is -3.28. The molecule has 0 bridgehead atoms. The van der Waals surface area contributed by atoms with Gasteiger partial charge in [-0.3, -0.25) is 38.4 Å². The van der Waals surface area contributed by atoms with Crippen molar-refractivity contribution in [2.75, 3.05) is 53.2 Å². The number of nitrogens with zero attached hydrogens (tertiary/aromatic N) is 8. The van der Waals surface area contributed by atoms with Crippen LogP contribution in [-0.4, -0.2) is 111 Å². The number of nitrogens with one attached hydrogen (secondary N) is 8. The average Bonchev–Trinajstić information content (AvgIpc) is 4.05. The fourth-order valence-corrected chi connectivity index (χ4v) is 6.16. The van der Waals surface area contributed by atoms with E-state index in [1.165, 1.54) is 59.8 Å². The van der Waals surface area contributed by atoms with Crippen LogP contribution < -0.4 is 48.3 Å². The number of imidazole rings is 3. The van der Waals surface area contributed by atoms with Gasteiger partial charge in [-0.05, 0) is 18.6 Å². The van der Waals surface area contributed by atoms with Crippen LogP contribution in [0.3, 0.4) is 0 Å². The molecule has 5 aromatic heterocycles. The zero-order chi connectivity index (χ0) is 46.7. The van der Waals surface area contributed by atoms with Crippen molar-refractivity contribution in [3.8, 4) is 0 Å². The van der Waals surface area contributed by atoms with Crippen LogP contribution in [0.1, 0.15) is 85.4 Å². The molecule has 0 unspecified atom stereocenters. The van der Waals surface area contributed by atoms with Gasteiger partial charge in [-0.2, -0.15) is 0 Å². The van der Waals surface area contributed by atoms with E-state index < -0.39 is 41.4 Å². The molecule has 5 heterocycles. The summed E-state index contributed by atoms with van der Waals surface area (Å²) in [5, 5.41) is 21.2. The molecule has 5 rings (SSSR count). The van der Waals surface area contributed by atoms with Gasteiger partial charge in [0.15, 0.2) is 11.6 Å². The Labute approximate surface area is 365 Å². The largest absolute Gasteiger partial charge is 0.382 e. The highest BCUT2D eigenvalue weighted by atomic mass is 16.2. The summed E-state index contributed by atoms with van der Waals surface area (Å²) in [6.07, 6.45) is 8.15. The lowest BCUT2D eigenvalue weighted by Crippen LogP contribution is -2.32. The first kappa shape index (κ1) is 46.8. The van der Waals surface area contributed by atoms with Crippen molar-refractivity contribution in [1.29, 1.82) is 0 Å². The van der Waals surface area contributed by atoms with Crippen LogP contribution in [0.25, 0.3) is 0 Å². The highest BCUT2D eigenvalue weighted by molar-refractivity contribution is 6.05. The number of aryl methyl sites for hydroxylation is 5. The second-order valence-corrected chi connectivity index (χ2v) is 14.5. The van der Waals surface area contributed by atoms with Gasteiger partial charge < -0.3 is 71.1 Å². The third-order valence-corrected chi connectivity index (χ3v) is 9.27. The second-order valence-electron chi connectivity index (χ2n) is 14.5. The monoisotopic (exact) mass is 885 g/mol. The van der Waals surface area contributed by atoms with Gasteiger partial charge in [-0.15, -0.1) is 0 Å². The van der Waals surface area contributed by atoms with Gasteiger partial charge in [0.1, 0.15) is 17.2 Å². The van der Waals surface area contributed by atoms with E-state index >= 15 is 0 Å². The van der Waals surface area contributed by atoms with Crippen LogP contribution in [0.4, 0.5) is 28.8 Å². The van der Waals surface area contributed by atoms with Crippen LogP contribution in [0.15, 0.2) is 43.1 Å². The molecule has 0 aliphatic rings. The first-order valence-electron chi connectivity index (χ1n) is 19.9. The molecule has 0 saturated carbocycles. The number of hydrogen-bond acceptors (Lipinski definition) is 12. The summed E-state index contributed by atoms with van der Waals surface area (Å²) in [7, 11) is 8.00. The molecule has 25 nitrogen and oxygen atoms in total. The number of aromatic nitrogens is 8. The lowest BCUT2D eigenvalue weighted by atomic mass is 10.3. The van der Waals surface area contributed by atoms with Crippen molar-refractivity contribution >= 4 is 76.1 Å². The number of amides is 8. The Bertz CT molecular complexity index is 2570. The first-order valence-corrected chi connectivity index (χ1v) is 19.9. The number of nitrogens with two attached hydrogens (primary N) is 1. The minimum absolute atomic E-state index is 0.0290. The highest BCUT2D eigenvalue weighted by Crippen LogP contribution is 2.17. The predicted octanol–water partition coefficient (Wildman–Crippen LogP) is -0.186. The van der Waals surface area contributed by atoms with Crippen LogP contribution in [0, 0.1) is 0 Å². The standard InChI is InChI=1S/C39H51N17O8/c1-7-11-41-29(57)8-12-44-37(62)32-50-27(20-55(32)5)48-30(58)9-13-42-36(61)25-16-23(18-53(25)3)46-39(64)34-51-28(21-56(34)6)49-31(59)10-14-43-35(60)24-15-22(17-52(24)2)45-38(63)33-47-26(40)19-54(33)4/h15-21H,7-14,40H2,1-6H3,(H,41,57)(H,42,61)(H,43,60)(H,44,62)(H,45,63)(H,46,64)(H,48,58)(H,49,59). The van der Waals surface area contributed by atoms with Gasteiger partial charge in [0, 0.05) is 112 Å². The average molecular weight is 886 g/mol. The summed E-state index contributed by atoms with van der Waals surface area (Å²) in [6, 6.07) is 2.92. The van der Waals surface area contributed by atoms with Gasteiger partial charge in [0.05, 0.1) is 11.4 Å². The molecule has 0 radical (unpaired) electrons. The van der Waals surface area contributed by atoms with E-state index in [1.807, 2.05) is 6.92 Å². The number of carbonyl (C=O) groups is 8. The minimum atomic E-state index is -0.628. The van der Waals surface area contributed by atoms with Gasteiger partial charge in [0.2, 0.25) is 35.2 Å². The fraction of sp³-hybridized carbons (Fsp3) is 0.359. The van der Waals surface area contributed by atoms with E-state index in [0.29, 0.717) is 12.2 Å². The van der Waals surface area contributed by atoms with Crippen LogP contribution in [0.2, 0.25) is 0 Å². The Hall–Kier alpha value is -8.25. The van der Waals surface area contributed by atoms with E-state index in [9.17, 15) is 38.4 Å². The summed E-state index contributed by atoms with van der Waals surface area (Å²) in [5.41, 5.74) is 6.69. The van der Waals surface area contributed by atoms with E-state index in [-0.39, 0.29) is 96.8 Å². The molecule has 340 valence electrons. The third-order valence-electron chi connectivity index (χ3n) is 9.27. The third kappa shape index (κ3) is 12.4. The molecular weight excluding hydrogens is 835 g/mol. The Morgan fingerprint density at radius 3 is 1.31 bits per heavy atom. The molecule has 25 heteroatoms. The summed E-state index contributed by atoms with van der Waals surface area (Å²) in [6.45, 7) is 2.54. The minimum Gasteiger partial charge on any atom is -0.382 e. The summed E-state index contributed by atoms with van der Waals surface area (Å²) < 4.78 is 7.32. The van der Waals surface area contributed by atoms with E-state index in [0.717, 1.165) is 6.42 Å². The van der Waals surface area contributed by atoms with E-state index in [4.69, 9.17) is 5.73 Å². The van der Waals surface area contributed by atoms with Crippen LogP contribution in [-0.2, 0) is 49.6 Å². The number of nitrogen functional groups attached to an aromatic ring is 1. The van der Waals surface area contributed by atoms with Gasteiger partial charge in [0.25, 0.3) is 29.5 Å². The van der Waals surface area contributed by atoms with Crippen LogP contribution >= 0.6 is 0 Å². The first-order chi connectivity index (χ1) is 30.4. The van der Waals surface area contributed by atoms with Crippen molar-refractivity contribution in [3.05, 3.63) is 72.0 Å². The molecule has 10 N–H and O–H groups in total. The van der Waals surface area contributed by atoms with Gasteiger partial charge in [-0.25, -0.2) is 15.0 Å². The Kier molecular flexibility index (Phi) is 15.4. The lowest BCUT2D eigenvalue weighted by Gasteiger charge is -2.06. The maximum atomic E-state index is 13.2. The van der Waals surface area contributed by atoms with Crippen molar-refractivity contribution in [3.63, 3.8) is 0 Å². The number of carbonyl (C=O) groups excluding carboxylic acids is 8. The molecule has 0 spiro atoms. The number of hydrogen-bond donors (Lipinski definition) is 9. The maximum absolute atomic E-state index is 13.2. The van der Waals surface area contributed by atoms with Crippen molar-refractivity contribution in [2.24, 2.45) is 35.2 Å². The van der Waals surface area contributed by atoms with Gasteiger partial charge in [-0.1, -0.05) is 6.92 Å². The lowest BCUT2D eigenvalue weighted by molar-refractivity contribution is -0.121. The van der Waals surface area contributed by atoms with Crippen molar-refractivity contribution in [2.45, 2.75) is 32.6 Å². The van der Waals surface area contributed by atoms with Gasteiger partial charge >= 0.3 is 0 Å². The molecule has 0 aromatic carbocycles. The maximum Gasteiger partial charge on any atom is 0.291 e. The smallest absolute Gasteiger partial charge is 0.291 e. The number of anilines is 5. The molecule has 0 fully saturated rings. The summed E-state index contributed by atoms with van der Waals surface area (Å²) >= 11 is 0. The zero-order valence-corrected chi connectivity index (χ0v) is 36.1. The normalized spacial score (nSPS) is 10.8. The molecular formula is C39H51N17O8. The molecule has 0 aliphatic carbocycles. The van der Waals surface area contributed by atoms with Crippen LogP contribution in [0.5, 0.6) is 0 Å². The van der Waals surface area contributed by atoms with E-state index in [1.54, 1.807) is 41.4 Å². The second kappa shape index (κ2) is 21.0. The molecule has 0 atom stereocenters. The number of rotatable bonds is 20. The fourth-order valence-electron chi connectivity index (χ4n) is 6.16. The predicted molar refractivity (Wildman–Crippen MR) is 232 cm³/mol. The molecule has 64 heavy (non-hydrogen) atoms. The Balaban J connectivity index is 1.03. The Morgan fingerprint density at radius 2 is 0.875 bits per heavy atom. The molecule has 0 saturated heterocycles. The topological polar surface area (TPSA) is 322 Å². The molecule has 0 aliphatic heterocycles. The highest BCUT2D eigenvalue weighted by Gasteiger charge is 2.21. The van der Waals surface area contributed by atoms with E-state index in [2.05, 4.69) is 57.5 Å². The zero-order valence-electron chi connectivity index (χ0n) is 36.1. The van der Waals surface area contributed by atoms with Crippen molar-refractivity contribution < 1.29 is 38.4 Å². The quantitative estimate of drug-likeness (QED) is 0.0492. The Morgan fingerprint density at radius 1 is 0.469 bits per heavy atom.